The molecule has 1 saturated heterocycles. The molecule has 3 rings (SSSR count). The van der Waals surface area contributed by atoms with E-state index in [0.29, 0.717) is 12.0 Å². The zero-order valence-electron chi connectivity index (χ0n) is 14.9. The molecule has 0 amide bonds. The van der Waals surface area contributed by atoms with E-state index in [-0.39, 0.29) is 12.4 Å². The number of rotatable bonds is 2. The summed E-state index contributed by atoms with van der Waals surface area (Å²) in [7, 11) is 3.02. The van der Waals surface area contributed by atoms with E-state index < -0.39 is 17.2 Å². The fourth-order valence-corrected chi connectivity index (χ4v) is 3.03. The molecule has 132 valence electrons. The number of Topliss-reactive ketones (excluding diaryl/α,β-unsaturated/α-hetero) is 1. The van der Waals surface area contributed by atoms with Crippen LogP contribution < -0.4 is 0 Å². The molecule has 1 spiro atoms. The molecule has 1 aliphatic heterocycles. The summed E-state index contributed by atoms with van der Waals surface area (Å²) in [5.41, 5.74) is 0.169. The summed E-state index contributed by atoms with van der Waals surface area (Å²) in [6, 6.07) is 9.53. The second kappa shape index (κ2) is 6.40. The Bertz CT molecular complexity index is 759. The molecule has 0 aromatic heterocycles. The first-order chi connectivity index (χ1) is 11.9. The van der Waals surface area contributed by atoms with E-state index in [9.17, 15) is 4.79 Å². The van der Waals surface area contributed by atoms with E-state index in [4.69, 9.17) is 18.9 Å². The van der Waals surface area contributed by atoms with Crippen molar-refractivity contribution in [3.63, 3.8) is 0 Å². The van der Waals surface area contributed by atoms with Gasteiger partial charge in [-0.1, -0.05) is 36.1 Å². The van der Waals surface area contributed by atoms with Crippen molar-refractivity contribution in [2.45, 2.75) is 37.4 Å². The molecular formula is C20H22O5. The van der Waals surface area contributed by atoms with Crippen LogP contribution >= 0.6 is 0 Å². The maximum atomic E-state index is 12.9. The van der Waals surface area contributed by atoms with Gasteiger partial charge in [0.15, 0.2) is 5.60 Å². The van der Waals surface area contributed by atoms with Gasteiger partial charge < -0.3 is 18.9 Å². The first-order valence-electron chi connectivity index (χ1n) is 8.14. The van der Waals surface area contributed by atoms with Crippen molar-refractivity contribution in [2.24, 2.45) is 0 Å². The van der Waals surface area contributed by atoms with Crippen LogP contribution in [-0.4, -0.2) is 43.8 Å². The molecule has 0 radical (unpaired) electrons. The van der Waals surface area contributed by atoms with E-state index in [1.807, 2.05) is 30.3 Å². The van der Waals surface area contributed by atoms with Crippen LogP contribution in [0.1, 0.15) is 25.8 Å². The molecule has 0 N–H and O–H groups in total. The number of methoxy groups -OCH3 is 2. The van der Waals surface area contributed by atoms with Crippen molar-refractivity contribution in [3.8, 4) is 11.8 Å². The molecule has 1 aromatic carbocycles. The highest BCUT2D eigenvalue weighted by Crippen LogP contribution is 2.44. The molecule has 5 nitrogen and oxygen atoms in total. The van der Waals surface area contributed by atoms with Crippen molar-refractivity contribution in [3.05, 3.63) is 47.5 Å². The third-order valence-electron chi connectivity index (χ3n) is 4.98. The van der Waals surface area contributed by atoms with Crippen LogP contribution in [0, 0.1) is 11.8 Å². The highest BCUT2D eigenvalue weighted by atomic mass is 16.8. The second-order valence-corrected chi connectivity index (χ2v) is 6.45. The van der Waals surface area contributed by atoms with E-state index in [1.54, 1.807) is 19.9 Å². The number of carbonyl (C=O) groups is 1. The van der Waals surface area contributed by atoms with Gasteiger partial charge in [0, 0.05) is 26.2 Å². The van der Waals surface area contributed by atoms with Gasteiger partial charge in [-0.15, -0.1) is 0 Å². The summed E-state index contributed by atoms with van der Waals surface area (Å²) in [5, 5.41) is 0. The Morgan fingerprint density at radius 2 is 1.72 bits per heavy atom. The molecular weight excluding hydrogens is 320 g/mol. The lowest BCUT2D eigenvalue weighted by Gasteiger charge is -2.52. The number of hydrogen-bond acceptors (Lipinski definition) is 5. The van der Waals surface area contributed by atoms with Crippen molar-refractivity contribution in [1.29, 1.82) is 0 Å². The third-order valence-corrected chi connectivity index (χ3v) is 4.98. The minimum atomic E-state index is -1.22. The second-order valence-electron chi connectivity index (χ2n) is 6.45. The maximum absolute atomic E-state index is 12.9. The van der Waals surface area contributed by atoms with Crippen molar-refractivity contribution in [1.82, 2.24) is 0 Å². The van der Waals surface area contributed by atoms with E-state index >= 15 is 0 Å². The van der Waals surface area contributed by atoms with Crippen molar-refractivity contribution in [2.75, 3.05) is 20.8 Å². The predicted octanol–water partition coefficient (Wildman–Crippen LogP) is 2.45. The molecule has 1 fully saturated rings. The Morgan fingerprint density at radius 3 is 2.36 bits per heavy atom. The highest BCUT2D eigenvalue weighted by Gasteiger charge is 2.61. The number of ether oxygens (including phenoxy) is 4. The largest absolute Gasteiger partial charge is 0.349 e. The smallest absolute Gasteiger partial charge is 0.221 e. The van der Waals surface area contributed by atoms with Crippen LogP contribution in [0.4, 0.5) is 0 Å². The number of ketones is 1. The average Bonchev–Trinajstić information content (AvgIpc) is 2.93. The zero-order chi connectivity index (χ0) is 18.1. The molecule has 1 aliphatic carbocycles. The van der Waals surface area contributed by atoms with Crippen LogP contribution in [-0.2, 0) is 23.7 Å². The third kappa shape index (κ3) is 2.92. The molecule has 2 aliphatic rings. The molecule has 0 unspecified atom stereocenters. The standard InChI is InChI=1S/C20H22O5/c1-18(22-3)19(2,23-4)25-20(14-24-18)13-12-16(17(20)21)11-10-15-8-6-5-7-9-15/h5-9,12H,13-14H2,1-4H3/t18-,19-,20+/m1/s1. The normalized spacial score (nSPS) is 34.6. The lowest BCUT2D eigenvalue weighted by atomic mass is 9.94. The fraction of sp³-hybridized carbons (Fsp3) is 0.450. The SMILES string of the molecule is CO[C@]1(C)OC[C@]2(CC=C(C#Cc3ccccc3)C2=O)O[C@@]1(C)OC. The summed E-state index contributed by atoms with van der Waals surface area (Å²) >= 11 is 0. The lowest BCUT2D eigenvalue weighted by molar-refractivity contribution is -0.442. The Labute approximate surface area is 147 Å². The zero-order valence-corrected chi connectivity index (χ0v) is 14.9. The van der Waals surface area contributed by atoms with Gasteiger partial charge in [0.1, 0.15) is 0 Å². The van der Waals surface area contributed by atoms with Crippen LogP contribution in [0.3, 0.4) is 0 Å². The molecule has 3 atom stereocenters. The monoisotopic (exact) mass is 342 g/mol. The van der Waals surface area contributed by atoms with E-state index in [1.165, 1.54) is 14.2 Å². The van der Waals surface area contributed by atoms with E-state index in [2.05, 4.69) is 11.8 Å². The maximum Gasteiger partial charge on any atom is 0.221 e. The van der Waals surface area contributed by atoms with Gasteiger partial charge >= 0.3 is 0 Å². The summed E-state index contributed by atoms with van der Waals surface area (Å²) < 4.78 is 22.9. The summed E-state index contributed by atoms with van der Waals surface area (Å²) in [5.74, 6) is 3.46. The highest BCUT2D eigenvalue weighted by molar-refractivity contribution is 6.08. The summed E-state index contributed by atoms with van der Waals surface area (Å²) in [6.45, 7) is 3.52. The van der Waals surface area contributed by atoms with Crippen LogP contribution in [0.15, 0.2) is 42.0 Å². The van der Waals surface area contributed by atoms with Crippen molar-refractivity contribution >= 4 is 5.78 Å². The fourth-order valence-electron chi connectivity index (χ4n) is 3.03. The van der Waals surface area contributed by atoms with Gasteiger partial charge in [0.05, 0.1) is 12.2 Å². The topological polar surface area (TPSA) is 54.0 Å². The first kappa shape index (κ1) is 17.8. The van der Waals surface area contributed by atoms with Gasteiger partial charge in [-0.3, -0.25) is 4.79 Å². The van der Waals surface area contributed by atoms with Crippen molar-refractivity contribution < 1.29 is 23.7 Å². The number of carbonyl (C=O) groups excluding carboxylic acids is 1. The number of benzene rings is 1. The molecule has 25 heavy (non-hydrogen) atoms. The Morgan fingerprint density at radius 1 is 1.04 bits per heavy atom. The predicted molar refractivity (Wildman–Crippen MR) is 91.6 cm³/mol. The van der Waals surface area contributed by atoms with Gasteiger partial charge in [-0.2, -0.15) is 0 Å². The number of hydrogen-bond donors (Lipinski definition) is 0. The molecule has 0 saturated carbocycles. The van der Waals surface area contributed by atoms with Gasteiger partial charge in [0.2, 0.25) is 17.4 Å². The first-order valence-corrected chi connectivity index (χ1v) is 8.14. The molecule has 5 heteroatoms. The molecule has 1 aromatic rings. The van der Waals surface area contributed by atoms with Gasteiger partial charge in [-0.25, -0.2) is 0 Å². The molecule has 0 bridgehead atoms. The Balaban J connectivity index is 1.82. The van der Waals surface area contributed by atoms with Crippen LogP contribution in [0.25, 0.3) is 0 Å². The van der Waals surface area contributed by atoms with Crippen LogP contribution in [0.5, 0.6) is 0 Å². The van der Waals surface area contributed by atoms with E-state index in [0.717, 1.165) is 5.56 Å². The van der Waals surface area contributed by atoms with Crippen LogP contribution in [0.2, 0.25) is 0 Å². The minimum Gasteiger partial charge on any atom is -0.349 e. The quantitative estimate of drug-likeness (QED) is 0.773. The molecule has 1 heterocycles. The van der Waals surface area contributed by atoms with Gasteiger partial charge in [-0.05, 0) is 26.0 Å². The average molecular weight is 342 g/mol. The minimum absolute atomic E-state index is 0.0855. The summed E-state index contributed by atoms with van der Waals surface area (Å²) in [4.78, 5) is 12.9. The Kier molecular flexibility index (Phi) is 4.56. The Hall–Kier alpha value is -1.97. The van der Waals surface area contributed by atoms with Gasteiger partial charge in [0.25, 0.3) is 0 Å². The lowest BCUT2D eigenvalue weighted by Crippen LogP contribution is -2.67. The summed E-state index contributed by atoms with van der Waals surface area (Å²) in [6.07, 6.45) is 2.19.